The average Bonchev–Trinajstić information content (AvgIpc) is 2.56. The van der Waals surface area contributed by atoms with E-state index in [4.69, 9.17) is 4.74 Å². The molecule has 0 aromatic carbocycles. The van der Waals surface area contributed by atoms with Gasteiger partial charge in [-0.25, -0.2) is 0 Å². The molecule has 2 heteroatoms. The van der Waals surface area contributed by atoms with Gasteiger partial charge in [0.2, 0.25) is 0 Å². The number of ketones is 1. The van der Waals surface area contributed by atoms with Crippen LogP contribution < -0.4 is 0 Å². The summed E-state index contributed by atoms with van der Waals surface area (Å²) in [5, 5.41) is 0. The fourth-order valence-corrected chi connectivity index (χ4v) is 1.87. The van der Waals surface area contributed by atoms with Crippen LogP contribution in [0, 0.1) is 5.92 Å². The average molecular weight is 140 g/mol. The maximum atomic E-state index is 11.2. The summed E-state index contributed by atoms with van der Waals surface area (Å²) in [7, 11) is 0. The van der Waals surface area contributed by atoms with Crippen molar-refractivity contribution < 1.29 is 9.53 Å². The van der Waals surface area contributed by atoms with Gasteiger partial charge in [-0.1, -0.05) is 6.92 Å². The van der Waals surface area contributed by atoms with Crippen LogP contribution in [0.3, 0.4) is 0 Å². The SMILES string of the molecule is CC1CCC(=O)C2(C)OC12. The quantitative estimate of drug-likeness (QED) is 0.472. The number of carbonyl (C=O) groups excluding carboxylic acids is 1. The lowest BCUT2D eigenvalue weighted by Crippen LogP contribution is -2.31. The molecule has 56 valence electrons. The van der Waals surface area contributed by atoms with Crippen molar-refractivity contribution in [2.24, 2.45) is 5.92 Å². The van der Waals surface area contributed by atoms with Crippen LogP contribution in [0.1, 0.15) is 26.7 Å². The molecule has 1 saturated carbocycles. The molecule has 0 bridgehead atoms. The molecular weight excluding hydrogens is 128 g/mol. The summed E-state index contributed by atoms with van der Waals surface area (Å²) in [5.74, 6) is 0.887. The fraction of sp³-hybridized carbons (Fsp3) is 0.875. The topological polar surface area (TPSA) is 29.6 Å². The van der Waals surface area contributed by atoms with Crippen LogP contribution >= 0.6 is 0 Å². The fourth-order valence-electron chi connectivity index (χ4n) is 1.87. The number of carbonyl (C=O) groups is 1. The molecule has 0 aromatic rings. The molecule has 0 aromatic heterocycles. The lowest BCUT2D eigenvalue weighted by atomic mass is 9.83. The van der Waals surface area contributed by atoms with Crippen LogP contribution in [0.25, 0.3) is 0 Å². The minimum absolute atomic E-state index is 0.244. The number of epoxide rings is 1. The van der Waals surface area contributed by atoms with E-state index in [0.717, 1.165) is 6.42 Å². The van der Waals surface area contributed by atoms with E-state index in [1.54, 1.807) is 0 Å². The number of rotatable bonds is 0. The molecule has 1 aliphatic carbocycles. The van der Waals surface area contributed by atoms with Gasteiger partial charge >= 0.3 is 0 Å². The van der Waals surface area contributed by atoms with Crippen molar-refractivity contribution in [2.45, 2.75) is 38.4 Å². The largest absolute Gasteiger partial charge is 0.358 e. The molecule has 0 N–H and O–H groups in total. The summed E-state index contributed by atoms with van der Waals surface area (Å²) in [4.78, 5) is 11.2. The Morgan fingerprint density at radius 1 is 1.70 bits per heavy atom. The number of Topliss-reactive ketones (excluding diaryl/α,β-unsaturated/α-hetero) is 1. The third-order valence-corrected chi connectivity index (χ3v) is 2.75. The molecule has 0 amide bonds. The molecular formula is C8H12O2. The standard InChI is InChI=1S/C8H12O2/c1-5-3-4-6(9)8(2)7(5)10-8/h5,7H,3-4H2,1-2H3. The molecule has 3 unspecified atom stereocenters. The second-order valence-electron chi connectivity index (χ2n) is 3.58. The van der Waals surface area contributed by atoms with Crippen molar-refractivity contribution >= 4 is 5.78 Å². The molecule has 1 heterocycles. The summed E-state index contributed by atoms with van der Waals surface area (Å²) in [6.45, 7) is 4.07. The van der Waals surface area contributed by atoms with E-state index in [2.05, 4.69) is 6.92 Å². The van der Waals surface area contributed by atoms with E-state index in [1.807, 2.05) is 6.92 Å². The Bertz CT molecular complexity index is 188. The molecule has 10 heavy (non-hydrogen) atoms. The van der Waals surface area contributed by atoms with Crippen LogP contribution in [0.5, 0.6) is 0 Å². The van der Waals surface area contributed by atoms with Crippen LogP contribution in [0.2, 0.25) is 0 Å². The first kappa shape index (κ1) is 6.35. The van der Waals surface area contributed by atoms with Crippen LogP contribution in [0.15, 0.2) is 0 Å². The van der Waals surface area contributed by atoms with Crippen molar-refractivity contribution in [3.8, 4) is 0 Å². The maximum Gasteiger partial charge on any atom is 0.167 e. The number of hydrogen-bond donors (Lipinski definition) is 0. The minimum atomic E-state index is -0.363. The summed E-state index contributed by atoms with van der Waals surface area (Å²) >= 11 is 0. The Morgan fingerprint density at radius 2 is 2.40 bits per heavy atom. The van der Waals surface area contributed by atoms with E-state index in [0.29, 0.717) is 18.1 Å². The van der Waals surface area contributed by atoms with Gasteiger partial charge in [-0.05, 0) is 19.3 Å². The first-order valence-electron chi connectivity index (χ1n) is 3.86. The molecule has 2 nitrogen and oxygen atoms in total. The van der Waals surface area contributed by atoms with Crippen molar-refractivity contribution in [1.82, 2.24) is 0 Å². The summed E-state index contributed by atoms with van der Waals surface area (Å²) in [6, 6.07) is 0. The first-order chi connectivity index (χ1) is 4.64. The third kappa shape index (κ3) is 0.601. The number of hydrogen-bond acceptors (Lipinski definition) is 2. The van der Waals surface area contributed by atoms with Gasteiger partial charge in [-0.15, -0.1) is 0 Å². The second-order valence-corrected chi connectivity index (χ2v) is 3.58. The Hall–Kier alpha value is -0.370. The number of ether oxygens (including phenoxy) is 1. The predicted molar refractivity (Wildman–Crippen MR) is 36.7 cm³/mol. The molecule has 0 radical (unpaired) electrons. The van der Waals surface area contributed by atoms with E-state index in [9.17, 15) is 4.79 Å². The van der Waals surface area contributed by atoms with Gasteiger partial charge in [0, 0.05) is 6.42 Å². The van der Waals surface area contributed by atoms with Gasteiger partial charge in [0.15, 0.2) is 11.4 Å². The van der Waals surface area contributed by atoms with Gasteiger partial charge in [0.05, 0.1) is 6.10 Å². The van der Waals surface area contributed by atoms with Crippen molar-refractivity contribution in [3.63, 3.8) is 0 Å². The zero-order valence-corrected chi connectivity index (χ0v) is 6.39. The third-order valence-electron chi connectivity index (χ3n) is 2.75. The molecule has 2 fully saturated rings. The van der Waals surface area contributed by atoms with Gasteiger partial charge < -0.3 is 4.74 Å². The van der Waals surface area contributed by atoms with Crippen molar-refractivity contribution in [1.29, 1.82) is 0 Å². The van der Waals surface area contributed by atoms with Gasteiger partial charge in [-0.3, -0.25) is 4.79 Å². The zero-order valence-electron chi connectivity index (χ0n) is 6.39. The molecule has 1 saturated heterocycles. The Balaban J connectivity index is 2.19. The number of fused-ring (bicyclic) bond motifs is 1. The monoisotopic (exact) mass is 140 g/mol. The van der Waals surface area contributed by atoms with Crippen molar-refractivity contribution in [2.75, 3.05) is 0 Å². The highest BCUT2D eigenvalue weighted by molar-refractivity contribution is 5.91. The molecule has 3 atom stereocenters. The Morgan fingerprint density at radius 3 is 3.00 bits per heavy atom. The molecule has 2 rings (SSSR count). The highest BCUT2D eigenvalue weighted by atomic mass is 16.6. The van der Waals surface area contributed by atoms with Gasteiger partial charge in [0.1, 0.15) is 0 Å². The van der Waals surface area contributed by atoms with Crippen LogP contribution in [0.4, 0.5) is 0 Å². The van der Waals surface area contributed by atoms with E-state index < -0.39 is 0 Å². The Kier molecular flexibility index (Phi) is 1.03. The molecule has 1 aliphatic heterocycles. The predicted octanol–water partition coefficient (Wildman–Crippen LogP) is 1.14. The Labute approximate surface area is 60.6 Å². The minimum Gasteiger partial charge on any atom is -0.358 e. The van der Waals surface area contributed by atoms with Crippen LogP contribution in [-0.4, -0.2) is 17.5 Å². The van der Waals surface area contributed by atoms with E-state index >= 15 is 0 Å². The highest BCUT2D eigenvalue weighted by Gasteiger charge is 2.62. The van der Waals surface area contributed by atoms with Crippen LogP contribution in [-0.2, 0) is 9.53 Å². The summed E-state index contributed by atoms with van der Waals surface area (Å²) < 4.78 is 5.34. The van der Waals surface area contributed by atoms with E-state index in [-0.39, 0.29) is 11.7 Å². The summed E-state index contributed by atoms with van der Waals surface area (Å²) in [6.07, 6.45) is 1.97. The van der Waals surface area contributed by atoms with Gasteiger partial charge in [0.25, 0.3) is 0 Å². The summed E-state index contributed by atoms with van der Waals surface area (Å²) in [5.41, 5.74) is -0.363. The van der Waals surface area contributed by atoms with Crippen molar-refractivity contribution in [3.05, 3.63) is 0 Å². The smallest absolute Gasteiger partial charge is 0.167 e. The highest BCUT2D eigenvalue weighted by Crippen LogP contribution is 2.47. The second kappa shape index (κ2) is 1.62. The lowest BCUT2D eigenvalue weighted by molar-refractivity contribution is -0.124. The first-order valence-corrected chi connectivity index (χ1v) is 3.86. The molecule has 2 aliphatic rings. The maximum absolute atomic E-state index is 11.2. The molecule has 0 spiro atoms. The normalized spacial score (nSPS) is 52.4. The zero-order chi connectivity index (χ0) is 7.35. The van der Waals surface area contributed by atoms with E-state index in [1.165, 1.54) is 0 Å². The lowest BCUT2D eigenvalue weighted by Gasteiger charge is -2.16. The van der Waals surface area contributed by atoms with Gasteiger partial charge in [-0.2, -0.15) is 0 Å².